The lowest BCUT2D eigenvalue weighted by Gasteiger charge is -2.37. The molecule has 0 saturated heterocycles. The summed E-state index contributed by atoms with van der Waals surface area (Å²) in [7, 11) is 1.13. The molecule has 12 heteroatoms. The molecule has 2 amide bonds. The molecule has 0 spiro atoms. The maximum Gasteiger partial charge on any atom is 0.416 e. The SMILES string of the molecule is COc1cc([C@@](Cc2ccccc2)(NC(=O)NC2(C(F)(F)F)CC2)c2cc(F)cc(C(F)(F)F)c2)ccc1F. The molecule has 1 aliphatic rings. The molecule has 2 N–H and O–H groups in total. The van der Waals surface area contributed by atoms with Gasteiger partial charge < -0.3 is 15.4 Å². The van der Waals surface area contributed by atoms with E-state index in [-0.39, 0.29) is 23.8 Å². The minimum atomic E-state index is -4.99. The number of urea groups is 1. The van der Waals surface area contributed by atoms with Gasteiger partial charge in [0.1, 0.15) is 11.4 Å². The predicted octanol–water partition coefficient (Wildman–Crippen LogP) is 6.87. The van der Waals surface area contributed by atoms with Crippen LogP contribution in [0.1, 0.15) is 35.1 Å². The third-order valence-corrected chi connectivity index (χ3v) is 6.65. The molecule has 0 aromatic heterocycles. The zero-order valence-electron chi connectivity index (χ0n) is 20.3. The van der Waals surface area contributed by atoms with Crippen molar-refractivity contribution >= 4 is 6.03 Å². The normalized spacial score (nSPS) is 16.2. The number of methoxy groups -OCH3 is 1. The first-order valence-corrected chi connectivity index (χ1v) is 11.6. The van der Waals surface area contributed by atoms with Crippen LogP contribution in [0.5, 0.6) is 5.75 Å². The van der Waals surface area contributed by atoms with Gasteiger partial charge in [0.2, 0.25) is 0 Å². The molecule has 3 aromatic rings. The van der Waals surface area contributed by atoms with Crippen LogP contribution < -0.4 is 15.4 Å². The summed E-state index contributed by atoms with van der Waals surface area (Å²) < 4.78 is 116. The number of ether oxygens (including phenoxy) is 1. The molecule has 3 aromatic carbocycles. The average Bonchev–Trinajstić information content (AvgIpc) is 3.64. The van der Waals surface area contributed by atoms with E-state index < -0.39 is 65.1 Å². The van der Waals surface area contributed by atoms with E-state index in [0.717, 1.165) is 31.4 Å². The van der Waals surface area contributed by atoms with Crippen molar-refractivity contribution in [3.05, 3.63) is 101 Å². The average molecular weight is 558 g/mol. The number of amides is 2. The van der Waals surface area contributed by atoms with Crippen LogP contribution in [0, 0.1) is 11.6 Å². The van der Waals surface area contributed by atoms with E-state index >= 15 is 0 Å². The number of carbonyl (C=O) groups excluding carboxylic acids is 1. The number of hydrogen-bond donors (Lipinski definition) is 2. The number of halogens is 8. The second-order valence-corrected chi connectivity index (χ2v) is 9.30. The van der Waals surface area contributed by atoms with Crippen molar-refractivity contribution in [1.82, 2.24) is 10.6 Å². The van der Waals surface area contributed by atoms with Crippen molar-refractivity contribution in [1.29, 1.82) is 0 Å². The van der Waals surface area contributed by atoms with Gasteiger partial charge in [0.05, 0.1) is 18.2 Å². The topological polar surface area (TPSA) is 50.4 Å². The van der Waals surface area contributed by atoms with Gasteiger partial charge in [0, 0.05) is 6.42 Å². The number of hydrogen-bond acceptors (Lipinski definition) is 2. The van der Waals surface area contributed by atoms with Crippen molar-refractivity contribution in [3.8, 4) is 5.75 Å². The fourth-order valence-corrected chi connectivity index (χ4v) is 4.43. The third-order valence-electron chi connectivity index (χ3n) is 6.65. The molecule has 1 fully saturated rings. The molecule has 4 nitrogen and oxygen atoms in total. The van der Waals surface area contributed by atoms with E-state index in [1.807, 2.05) is 5.32 Å². The van der Waals surface area contributed by atoms with Crippen LogP contribution in [0.25, 0.3) is 0 Å². The first-order valence-electron chi connectivity index (χ1n) is 11.6. The fourth-order valence-electron chi connectivity index (χ4n) is 4.43. The summed E-state index contributed by atoms with van der Waals surface area (Å²) in [4.78, 5) is 13.1. The predicted molar refractivity (Wildman–Crippen MR) is 125 cm³/mol. The highest BCUT2D eigenvalue weighted by Gasteiger charge is 2.64. The van der Waals surface area contributed by atoms with Gasteiger partial charge >= 0.3 is 18.4 Å². The van der Waals surface area contributed by atoms with Crippen molar-refractivity contribution in [2.75, 3.05) is 7.11 Å². The van der Waals surface area contributed by atoms with Gasteiger partial charge in [-0.15, -0.1) is 0 Å². The molecule has 0 aliphatic heterocycles. The Morgan fingerprint density at radius 3 is 2.08 bits per heavy atom. The molecule has 1 aliphatic carbocycles. The van der Waals surface area contributed by atoms with Crippen molar-refractivity contribution in [2.45, 2.75) is 42.7 Å². The largest absolute Gasteiger partial charge is 0.494 e. The molecule has 0 heterocycles. The smallest absolute Gasteiger partial charge is 0.416 e. The zero-order valence-corrected chi connectivity index (χ0v) is 20.3. The fraction of sp³-hybridized carbons (Fsp3) is 0.296. The van der Waals surface area contributed by atoms with E-state index in [2.05, 4.69) is 5.32 Å². The quantitative estimate of drug-likeness (QED) is 0.311. The summed E-state index contributed by atoms with van der Waals surface area (Å²) in [5.74, 6) is -2.50. The van der Waals surface area contributed by atoms with Crippen LogP contribution in [0.3, 0.4) is 0 Å². The molecule has 4 rings (SSSR count). The van der Waals surface area contributed by atoms with Gasteiger partial charge in [-0.25, -0.2) is 13.6 Å². The highest BCUT2D eigenvalue weighted by Crippen LogP contribution is 2.49. The molecular formula is C27H22F8N2O2. The van der Waals surface area contributed by atoms with E-state index in [0.29, 0.717) is 11.6 Å². The van der Waals surface area contributed by atoms with Crippen LogP contribution >= 0.6 is 0 Å². The van der Waals surface area contributed by atoms with Gasteiger partial charge in [0.25, 0.3) is 0 Å². The van der Waals surface area contributed by atoms with Gasteiger partial charge in [-0.3, -0.25) is 0 Å². The number of alkyl halides is 6. The number of benzene rings is 3. The van der Waals surface area contributed by atoms with Crippen molar-refractivity contribution < 1.29 is 44.7 Å². The monoisotopic (exact) mass is 558 g/mol. The maximum absolute atomic E-state index is 14.7. The van der Waals surface area contributed by atoms with Gasteiger partial charge in [-0.05, 0) is 59.9 Å². The van der Waals surface area contributed by atoms with Gasteiger partial charge in [-0.1, -0.05) is 36.4 Å². The minimum Gasteiger partial charge on any atom is -0.494 e. The van der Waals surface area contributed by atoms with Crippen LogP contribution in [0.15, 0.2) is 66.7 Å². The Hall–Kier alpha value is -3.83. The zero-order chi connectivity index (χ0) is 28.6. The highest BCUT2D eigenvalue weighted by molar-refractivity contribution is 5.78. The molecule has 1 atom stereocenters. The lowest BCUT2D eigenvalue weighted by molar-refractivity contribution is -0.162. The molecule has 39 heavy (non-hydrogen) atoms. The summed E-state index contributed by atoms with van der Waals surface area (Å²) in [6, 6.07) is 11.4. The summed E-state index contributed by atoms with van der Waals surface area (Å²) in [6.45, 7) is 0. The molecule has 1 saturated carbocycles. The molecule has 0 bridgehead atoms. The van der Waals surface area contributed by atoms with E-state index in [1.165, 1.54) is 0 Å². The Kier molecular flexibility index (Phi) is 7.26. The van der Waals surface area contributed by atoms with E-state index in [1.54, 1.807) is 30.3 Å². The lowest BCUT2D eigenvalue weighted by Crippen LogP contribution is -2.57. The van der Waals surface area contributed by atoms with Crippen LogP contribution in [0.2, 0.25) is 0 Å². The highest BCUT2D eigenvalue weighted by atomic mass is 19.4. The van der Waals surface area contributed by atoms with E-state index in [9.17, 15) is 39.9 Å². The molecule has 0 radical (unpaired) electrons. The first-order chi connectivity index (χ1) is 18.2. The number of nitrogens with one attached hydrogen (secondary N) is 2. The lowest BCUT2D eigenvalue weighted by atomic mass is 9.77. The summed E-state index contributed by atoms with van der Waals surface area (Å²) in [5, 5.41) is 4.29. The van der Waals surface area contributed by atoms with E-state index in [4.69, 9.17) is 4.74 Å². The van der Waals surface area contributed by atoms with Crippen molar-refractivity contribution in [3.63, 3.8) is 0 Å². The Bertz CT molecular complexity index is 1350. The van der Waals surface area contributed by atoms with Gasteiger partial charge in [-0.2, -0.15) is 26.3 Å². The second-order valence-electron chi connectivity index (χ2n) is 9.30. The van der Waals surface area contributed by atoms with Gasteiger partial charge in [0.15, 0.2) is 11.6 Å². The summed E-state index contributed by atoms with van der Waals surface area (Å²) >= 11 is 0. The molecule has 0 unspecified atom stereocenters. The van der Waals surface area contributed by atoms with Crippen molar-refractivity contribution in [2.24, 2.45) is 0 Å². The Balaban J connectivity index is 1.95. The summed E-state index contributed by atoms with van der Waals surface area (Å²) in [6.07, 6.45) is -10.9. The number of rotatable bonds is 7. The van der Waals surface area contributed by atoms with Crippen LogP contribution in [0.4, 0.5) is 39.9 Å². The number of carbonyl (C=O) groups is 1. The first kappa shape index (κ1) is 28.2. The summed E-state index contributed by atoms with van der Waals surface area (Å²) in [5.41, 5.74) is -6.06. The van der Waals surface area contributed by atoms with Crippen LogP contribution in [-0.2, 0) is 18.1 Å². The molecule has 208 valence electrons. The Morgan fingerprint density at radius 2 is 1.51 bits per heavy atom. The van der Waals surface area contributed by atoms with Crippen LogP contribution in [-0.4, -0.2) is 24.9 Å². The molecular weight excluding hydrogens is 536 g/mol. The second kappa shape index (κ2) is 10.0. The minimum absolute atomic E-state index is 0.0599. The third kappa shape index (κ3) is 5.79. The standard InChI is InChI=1S/C27H22F8N2O2/c1-39-22-14-17(7-8-21(22)29)25(15-16-5-3-2-4-6-16,18-11-19(26(30,31)32)13-20(28)12-18)37-23(38)36-24(9-10-24)27(33,34)35/h2-8,11-14H,9-10,15H2,1H3,(H2,36,37,38)/t25-/m1/s1. The Labute approximate surface area is 218 Å². The Morgan fingerprint density at radius 1 is 0.872 bits per heavy atom. The maximum atomic E-state index is 14.7.